The van der Waals surface area contributed by atoms with E-state index >= 15 is 0 Å². The van der Waals surface area contributed by atoms with Gasteiger partial charge in [0.25, 0.3) is 11.6 Å². The van der Waals surface area contributed by atoms with E-state index in [4.69, 9.17) is 14.2 Å². The Hall–Kier alpha value is -3.62. The smallest absolute Gasteiger partial charge is 0.306 e. The van der Waals surface area contributed by atoms with E-state index in [1.807, 2.05) is 0 Å². The zero-order chi connectivity index (χ0) is 22.3. The molecule has 9 heteroatoms. The highest BCUT2D eigenvalue weighted by Gasteiger charge is 2.20. The van der Waals surface area contributed by atoms with E-state index in [0.29, 0.717) is 23.5 Å². The van der Waals surface area contributed by atoms with Crippen molar-refractivity contribution in [2.75, 3.05) is 26.1 Å². The van der Waals surface area contributed by atoms with Crippen LogP contribution < -0.4 is 14.8 Å². The Bertz CT molecular complexity index is 957. The molecule has 30 heavy (non-hydrogen) atoms. The van der Waals surface area contributed by atoms with Gasteiger partial charge in [-0.05, 0) is 49.1 Å². The second kappa shape index (κ2) is 10.2. The van der Waals surface area contributed by atoms with Gasteiger partial charge in [-0.15, -0.1) is 0 Å². The van der Waals surface area contributed by atoms with Gasteiger partial charge in [-0.3, -0.25) is 19.7 Å². The summed E-state index contributed by atoms with van der Waals surface area (Å²) in [5.74, 6) is -0.0689. The van der Waals surface area contributed by atoms with E-state index in [0.717, 1.165) is 11.1 Å². The molecule has 0 aliphatic rings. The summed E-state index contributed by atoms with van der Waals surface area (Å²) in [5.41, 5.74) is 2.11. The summed E-state index contributed by atoms with van der Waals surface area (Å²) in [7, 11) is 3.06. The summed E-state index contributed by atoms with van der Waals surface area (Å²) < 4.78 is 15.4. The molecule has 1 amide bonds. The van der Waals surface area contributed by atoms with Crippen LogP contribution in [0.2, 0.25) is 0 Å². The Balaban J connectivity index is 1.91. The maximum Gasteiger partial charge on any atom is 0.306 e. The van der Waals surface area contributed by atoms with Crippen LogP contribution in [-0.2, 0) is 20.7 Å². The monoisotopic (exact) mass is 416 g/mol. The van der Waals surface area contributed by atoms with Gasteiger partial charge < -0.3 is 19.5 Å². The number of amides is 1. The van der Waals surface area contributed by atoms with E-state index in [9.17, 15) is 19.7 Å². The van der Waals surface area contributed by atoms with Crippen molar-refractivity contribution >= 4 is 23.3 Å². The number of carbonyl (C=O) groups excluding carboxylic acids is 2. The third-order valence-electron chi connectivity index (χ3n) is 4.60. The molecule has 0 aromatic heterocycles. The number of hydrogen-bond acceptors (Lipinski definition) is 7. The fraction of sp³-hybridized carbons (Fsp3) is 0.333. The van der Waals surface area contributed by atoms with Gasteiger partial charge in [0.05, 0.1) is 19.1 Å². The van der Waals surface area contributed by atoms with Crippen LogP contribution in [-0.4, -0.2) is 37.6 Å². The number of benzene rings is 2. The topological polar surface area (TPSA) is 117 Å². The van der Waals surface area contributed by atoms with Crippen molar-refractivity contribution in [1.29, 1.82) is 0 Å². The third kappa shape index (κ3) is 5.69. The van der Waals surface area contributed by atoms with Crippen molar-refractivity contribution < 1.29 is 28.7 Å². The lowest BCUT2D eigenvalue weighted by atomic mass is 10.1. The number of nitro benzene ring substituents is 1. The quantitative estimate of drug-likeness (QED) is 0.378. The number of ether oxygens (including phenoxy) is 3. The first-order valence-electron chi connectivity index (χ1n) is 9.17. The number of hydrogen-bond donors (Lipinski definition) is 1. The minimum Gasteiger partial charge on any atom is -0.493 e. The molecule has 0 atom stereocenters. The molecule has 0 radical (unpaired) electrons. The average Bonchev–Trinajstić information content (AvgIpc) is 2.73. The Kier molecular flexibility index (Phi) is 7.74. The van der Waals surface area contributed by atoms with Crippen LogP contribution in [0.25, 0.3) is 0 Å². The van der Waals surface area contributed by atoms with Gasteiger partial charge in [-0.25, -0.2) is 0 Å². The molecule has 0 aliphatic heterocycles. The largest absolute Gasteiger partial charge is 0.493 e. The number of esters is 1. The molecule has 2 rings (SSSR count). The van der Waals surface area contributed by atoms with Crippen molar-refractivity contribution in [3.8, 4) is 11.5 Å². The number of rotatable bonds is 9. The standard InChI is InChI=1S/C21H24N2O7/c1-13-5-8-16(23(26)27)21(14(13)2)22-19(24)12-30-20(25)10-7-15-6-9-17(28-3)18(11-15)29-4/h5-6,8-9,11H,7,10,12H2,1-4H3,(H,22,24). The molecule has 0 fully saturated rings. The Morgan fingerprint density at radius 1 is 1.07 bits per heavy atom. The molecule has 0 saturated carbocycles. The SMILES string of the molecule is COc1ccc(CCC(=O)OCC(=O)Nc2c([N+](=O)[O-])ccc(C)c2C)cc1OC. The lowest BCUT2D eigenvalue weighted by molar-refractivity contribution is -0.384. The Labute approximate surface area is 174 Å². The van der Waals surface area contributed by atoms with Gasteiger partial charge in [0.15, 0.2) is 18.1 Å². The normalized spacial score (nSPS) is 10.3. The van der Waals surface area contributed by atoms with Gasteiger partial charge in [0.1, 0.15) is 5.69 Å². The molecule has 9 nitrogen and oxygen atoms in total. The van der Waals surface area contributed by atoms with E-state index in [2.05, 4.69) is 5.32 Å². The third-order valence-corrected chi connectivity index (χ3v) is 4.60. The number of nitrogens with one attached hydrogen (secondary N) is 1. The second-order valence-corrected chi connectivity index (χ2v) is 6.56. The van der Waals surface area contributed by atoms with Crippen LogP contribution in [0.15, 0.2) is 30.3 Å². The van der Waals surface area contributed by atoms with Crippen molar-refractivity contribution in [2.45, 2.75) is 26.7 Å². The van der Waals surface area contributed by atoms with Crippen molar-refractivity contribution in [3.63, 3.8) is 0 Å². The zero-order valence-electron chi connectivity index (χ0n) is 17.3. The fourth-order valence-corrected chi connectivity index (χ4v) is 2.79. The first-order valence-corrected chi connectivity index (χ1v) is 9.17. The van der Waals surface area contributed by atoms with Crippen LogP contribution >= 0.6 is 0 Å². The summed E-state index contributed by atoms with van der Waals surface area (Å²) in [6, 6.07) is 8.24. The van der Waals surface area contributed by atoms with Crippen LogP contribution in [0.5, 0.6) is 11.5 Å². The summed E-state index contributed by atoms with van der Waals surface area (Å²) in [4.78, 5) is 34.7. The molecular formula is C21H24N2O7. The molecular weight excluding hydrogens is 392 g/mol. The van der Waals surface area contributed by atoms with Crippen molar-refractivity contribution in [1.82, 2.24) is 0 Å². The van der Waals surface area contributed by atoms with Gasteiger partial charge in [0, 0.05) is 12.5 Å². The fourth-order valence-electron chi connectivity index (χ4n) is 2.79. The maximum atomic E-state index is 12.1. The molecule has 2 aromatic carbocycles. The highest BCUT2D eigenvalue weighted by atomic mass is 16.6. The van der Waals surface area contributed by atoms with Gasteiger partial charge in [-0.1, -0.05) is 12.1 Å². The maximum absolute atomic E-state index is 12.1. The van der Waals surface area contributed by atoms with Crippen molar-refractivity contribution in [3.05, 3.63) is 57.1 Å². The summed E-state index contributed by atoms with van der Waals surface area (Å²) in [6.45, 7) is 2.92. The predicted molar refractivity (Wildman–Crippen MR) is 110 cm³/mol. The van der Waals surface area contributed by atoms with Gasteiger partial charge >= 0.3 is 5.97 Å². The minimum atomic E-state index is -0.647. The number of anilines is 1. The highest BCUT2D eigenvalue weighted by molar-refractivity contribution is 5.96. The number of nitro groups is 1. The van der Waals surface area contributed by atoms with Crippen LogP contribution in [0, 0.1) is 24.0 Å². The zero-order valence-corrected chi connectivity index (χ0v) is 17.3. The van der Waals surface area contributed by atoms with E-state index in [-0.39, 0.29) is 17.8 Å². The Morgan fingerprint density at radius 2 is 1.77 bits per heavy atom. The first-order chi connectivity index (χ1) is 14.3. The number of methoxy groups -OCH3 is 2. The van der Waals surface area contributed by atoms with Crippen LogP contribution in [0.4, 0.5) is 11.4 Å². The van der Waals surface area contributed by atoms with E-state index in [1.165, 1.54) is 20.3 Å². The average molecular weight is 416 g/mol. The summed E-state index contributed by atoms with van der Waals surface area (Å²) in [6.07, 6.45) is 0.454. The number of aryl methyl sites for hydroxylation is 2. The minimum absolute atomic E-state index is 0.0619. The molecule has 2 aromatic rings. The molecule has 0 saturated heterocycles. The molecule has 0 heterocycles. The lowest BCUT2D eigenvalue weighted by Gasteiger charge is -2.11. The molecule has 0 spiro atoms. The van der Waals surface area contributed by atoms with Crippen LogP contribution in [0.3, 0.4) is 0 Å². The molecule has 160 valence electrons. The lowest BCUT2D eigenvalue weighted by Crippen LogP contribution is -2.22. The van der Waals surface area contributed by atoms with Crippen molar-refractivity contribution in [2.24, 2.45) is 0 Å². The highest BCUT2D eigenvalue weighted by Crippen LogP contribution is 2.30. The number of carbonyl (C=O) groups is 2. The molecule has 0 unspecified atom stereocenters. The van der Waals surface area contributed by atoms with Gasteiger partial charge in [-0.2, -0.15) is 0 Å². The number of nitrogens with zero attached hydrogens (tertiary/aromatic N) is 1. The summed E-state index contributed by atoms with van der Waals surface area (Å²) in [5, 5.41) is 13.7. The summed E-state index contributed by atoms with van der Waals surface area (Å²) >= 11 is 0. The first kappa shape index (κ1) is 22.7. The Morgan fingerprint density at radius 3 is 2.40 bits per heavy atom. The van der Waals surface area contributed by atoms with E-state index in [1.54, 1.807) is 38.1 Å². The molecule has 0 aliphatic carbocycles. The van der Waals surface area contributed by atoms with Crippen LogP contribution in [0.1, 0.15) is 23.1 Å². The van der Waals surface area contributed by atoms with Gasteiger partial charge in [0.2, 0.25) is 0 Å². The van der Waals surface area contributed by atoms with E-state index < -0.39 is 23.4 Å². The molecule has 0 bridgehead atoms. The molecule has 1 N–H and O–H groups in total. The predicted octanol–water partition coefficient (Wildman–Crippen LogP) is 3.34. The second-order valence-electron chi connectivity index (χ2n) is 6.56.